The molecule has 1 aromatic carbocycles. The van der Waals surface area contributed by atoms with Gasteiger partial charge in [-0.1, -0.05) is 5.16 Å². The highest BCUT2D eigenvalue weighted by Gasteiger charge is 2.26. The lowest BCUT2D eigenvalue weighted by Crippen LogP contribution is -2.44. The third kappa shape index (κ3) is 4.43. The summed E-state index contributed by atoms with van der Waals surface area (Å²) in [5.74, 6) is -0.510. The van der Waals surface area contributed by atoms with Gasteiger partial charge in [0.15, 0.2) is 5.58 Å². The van der Waals surface area contributed by atoms with Gasteiger partial charge in [0.05, 0.1) is 11.8 Å². The molecule has 2 aromatic rings. The first-order valence-corrected chi connectivity index (χ1v) is 9.10. The second-order valence-electron chi connectivity index (χ2n) is 6.92. The second kappa shape index (κ2) is 8.46. The Kier molecular flexibility index (Phi) is 6.04. The summed E-state index contributed by atoms with van der Waals surface area (Å²) in [6, 6.07) is 6.45. The Morgan fingerprint density at radius 1 is 1.52 bits per heavy atom. The second-order valence-corrected chi connectivity index (χ2v) is 6.92. The first kappa shape index (κ1) is 19.3. The van der Waals surface area contributed by atoms with Crippen LogP contribution >= 0.6 is 0 Å². The molecular weight excluding hydrogens is 351 g/mol. The maximum Gasteiger partial charge on any atom is 0.252 e. The highest BCUT2D eigenvalue weighted by atomic mass is 19.1. The van der Waals surface area contributed by atoms with E-state index in [0.29, 0.717) is 18.7 Å². The Labute approximate surface area is 156 Å². The number of halogens is 1. The van der Waals surface area contributed by atoms with Crippen LogP contribution in [0.4, 0.5) is 4.39 Å². The van der Waals surface area contributed by atoms with Crippen LogP contribution in [0.1, 0.15) is 31.4 Å². The maximum absolute atomic E-state index is 13.3. The molecule has 27 heavy (non-hydrogen) atoms. The van der Waals surface area contributed by atoms with Crippen molar-refractivity contribution in [2.75, 3.05) is 32.7 Å². The summed E-state index contributed by atoms with van der Waals surface area (Å²) in [4.78, 5) is 15.5. The zero-order valence-corrected chi connectivity index (χ0v) is 15.3. The summed E-state index contributed by atoms with van der Waals surface area (Å²) in [6.45, 7) is 4.12. The van der Waals surface area contributed by atoms with Gasteiger partial charge in [-0.25, -0.2) is 4.39 Å². The van der Waals surface area contributed by atoms with E-state index >= 15 is 0 Å². The van der Waals surface area contributed by atoms with Crippen molar-refractivity contribution in [1.82, 2.24) is 15.0 Å². The Bertz CT molecular complexity index is 837. The summed E-state index contributed by atoms with van der Waals surface area (Å²) >= 11 is 0. The van der Waals surface area contributed by atoms with E-state index < -0.39 is 12.0 Å². The minimum absolute atomic E-state index is 0.0261. The van der Waals surface area contributed by atoms with Crippen LogP contribution in [-0.4, -0.2) is 64.8 Å². The minimum atomic E-state index is -1.10. The zero-order valence-electron chi connectivity index (χ0n) is 15.3. The summed E-state index contributed by atoms with van der Waals surface area (Å²) in [5.41, 5.74) is 1.34. The number of fused-ring (bicyclic) bond motifs is 1. The molecule has 8 heteroatoms. The molecule has 1 saturated heterocycles. The van der Waals surface area contributed by atoms with E-state index in [2.05, 4.69) is 10.1 Å². The molecule has 2 heterocycles. The van der Waals surface area contributed by atoms with Crippen molar-refractivity contribution >= 4 is 16.9 Å². The molecule has 0 saturated carbocycles. The smallest absolute Gasteiger partial charge is 0.252 e. The molecule has 1 N–H and O–H groups in total. The predicted octanol–water partition coefficient (Wildman–Crippen LogP) is 1.88. The molecule has 1 aliphatic heterocycles. The SMILES string of the molecule is CC(O)C(=O)N(CC#N)CCN1CCC(c2noc3cc(F)ccc23)CC1. The predicted molar refractivity (Wildman–Crippen MR) is 96.3 cm³/mol. The van der Waals surface area contributed by atoms with Crippen molar-refractivity contribution < 1.29 is 18.8 Å². The Morgan fingerprint density at radius 3 is 2.93 bits per heavy atom. The van der Waals surface area contributed by atoms with Gasteiger partial charge in [-0.3, -0.25) is 4.79 Å². The largest absolute Gasteiger partial charge is 0.384 e. The monoisotopic (exact) mass is 374 g/mol. The van der Waals surface area contributed by atoms with E-state index in [1.807, 2.05) is 6.07 Å². The molecule has 1 atom stereocenters. The number of carbonyl (C=O) groups is 1. The molecule has 1 aromatic heterocycles. The van der Waals surface area contributed by atoms with Crippen LogP contribution in [0.25, 0.3) is 11.0 Å². The van der Waals surface area contributed by atoms with Crippen LogP contribution in [0.2, 0.25) is 0 Å². The van der Waals surface area contributed by atoms with Gasteiger partial charge in [-0.2, -0.15) is 5.26 Å². The third-order valence-corrected chi connectivity index (χ3v) is 5.05. The fourth-order valence-corrected chi connectivity index (χ4v) is 3.53. The lowest BCUT2D eigenvalue weighted by Gasteiger charge is -2.32. The van der Waals surface area contributed by atoms with E-state index in [1.54, 1.807) is 6.07 Å². The molecule has 7 nitrogen and oxygen atoms in total. The van der Waals surface area contributed by atoms with Gasteiger partial charge in [0.25, 0.3) is 5.91 Å². The van der Waals surface area contributed by atoms with Crippen molar-refractivity contribution in [3.63, 3.8) is 0 Å². The first-order valence-electron chi connectivity index (χ1n) is 9.10. The number of aliphatic hydroxyl groups is 1. The Balaban J connectivity index is 1.55. The van der Waals surface area contributed by atoms with E-state index in [1.165, 1.54) is 24.0 Å². The van der Waals surface area contributed by atoms with Crippen molar-refractivity contribution in [3.05, 3.63) is 29.7 Å². The van der Waals surface area contributed by atoms with Gasteiger partial charge >= 0.3 is 0 Å². The normalized spacial score (nSPS) is 17.0. The van der Waals surface area contributed by atoms with Crippen LogP contribution in [0.5, 0.6) is 0 Å². The Morgan fingerprint density at radius 2 is 2.26 bits per heavy atom. The number of carbonyl (C=O) groups excluding carboxylic acids is 1. The first-order chi connectivity index (χ1) is 13.0. The van der Waals surface area contributed by atoms with Crippen LogP contribution < -0.4 is 0 Å². The number of hydrogen-bond donors (Lipinski definition) is 1. The number of benzene rings is 1. The Hall–Kier alpha value is -2.50. The number of amides is 1. The minimum Gasteiger partial charge on any atom is -0.384 e. The lowest BCUT2D eigenvalue weighted by atomic mass is 9.91. The standard InChI is InChI=1S/C19H23FN4O3/c1-13(25)19(26)24(9-6-21)11-10-23-7-4-14(5-8-23)18-16-3-2-15(20)12-17(16)27-22-18/h2-3,12-14,25H,4-5,7-11H2,1H3. The van der Waals surface area contributed by atoms with Gasteiger partial charge < -0.3 is 19.4 Å². The summed E-state index contributed by atoms with van der Waals surface area (Å²) < 4.78 is 18.6. The number of nitriles is 1. The fourth-order valence-electron chi connectivity index (χ4n) is 3.53. The molecule has 0 bridgehead atoms. The van der Waals surface area contributed by atoms with E-state index in [0.717, 1.165) is 37.0 Å². The number of rotatable bonds is 6. The van der Waals surface area contributed by atoms with Crippen molar-refractivity contribution in [2.45, 2.75) is 31.8 Å². The van der Waals surface area contributed by atoms with Crippen LogP contribution in [-0.2, 0) is 4.79 Å². The molecule has 0 aliphatic carbocycles. The summed E-state index contributed by atoms with van der Waals surface area (Å²) in [6.07, 6.45) is 0.679. The number of likely N-dealkylation sites (tertiary alicyclic amines) is 1. The molecule has 1 unspecified atom stereocenters. The number of aliphatic hydroxyl groups excluding tert-OH is 1. The quantitative estimate of drug-likeness (QED) is 0.776. The number of hydrogen-bond acceptors (Lipinski definition) is 6. The summed E-state index contributed by atoms with van der Waals surface area (Å²) in [5, 5.41) is 23.3. The average Bonchev–Trinajstić information content (AvgIpc) is 3.07. The van der Waals surface area contributed by atoms with Crippen molar-refractivity contribution in [1.29, 1.82) is 5.26 Å². The molecule has 144 valence electrons. The van der Waals surface area contributed by atoms with E-state index in [4.69, 9.17) is 9.78 Å². The van der Waals surface area contributed by atoms with E-state index in [-0.39, 0.29) is 18.3 Å². The number of nitrogens with zero attached hydrogens (tertiary/aromatic N) is 4. The van der Waals surface area contributed by atoms with Crippen molar-refractivity contribution in [2.24, 2.45) is 0 Å². The van der Waals surface area contributed by atoms with E-state index in [9.17, 15) is 14.3 Å². The van der Waals surface area contributed by atoms with Crippen LogP contribution in [0.15, 0.2) is 22.7 Å². The van der Waals surface area contributed by atoms with Gasteiger partial charge in [0.2, 0.25) is 0 Å². The molecule has 3 rings (SSSR count). The van der Waals surface area contributed by atoms with Crippen molar-refractivity contribution in [3.8, 4) is 6.07 Å². The topological polar surface area (TPSA) is 93.6 Å². The van der Waals surface area contributed by atoms with Crippen LogP contribution in [0, 0.1) is 17.1 Å². The highest BCUT2D eigenvalue weighted by molar-refractivity contribution is 5.80. The number of piperidine rings is 1. The lowest BCUT2D eigenvalue weighted by molar-refractivity contribution is -0.138. The average molecular weight is 374 g/mol. The molecule has 1 aliphatic rings. The number of aromatic nitrogens is 1. The van der Waals surface area contributed by atoms with Gasteiger partial charge in [0, 0.05) is 30.5 Å². The van der Waals surface area contributed by atoms with Gasteiger partial charge in [-0.15, -0.1) is 0 Å². The molecular formula is C19H23FN4O3. The highest BCUT2D eigenvalue weighted by Crippen LogP contribution is 2.32. The van der Waals surface area contributed by atoms with Gasteiger partial charge in [-0.05, 0) is 45.0 Å². The molecule has 1 amide bonds. The molecule has 0 spiro atoms. The third-order valence-electron chi connectivity index (χ3n) is 5.05. The summed E-state index contributed by atoms with van der Waals surface area (Å²) in [7, 11) is 0. The fraction of sp³-hybridized carbons (Fsp3) is 0.526. The maximum atomic E-state index is 13.3. The molecule has 0 radical (unpaired) electrons. The zero-order chi connectivity index (χ0) is 19.4. The molecule has 1 fully saturated rings. The van der Waals surface area contributed by atoms with Gasteiger partial charge in [0.1, 0.15) is 18.5 Å². The van der Waals surface area contributed by atoms with Crippen LogP contribution in [0.3, 0.4) is 0 Å².